The van der Waals surface area contributed by atoms with Crippen LogP contribution in [0, 0.1) is 17.8 Å². The third-order valence-corrected chi connectivity index (χ3v) is 5.52. The smallest absolute Gasteiger partial charge is 0.302 e. The van der Waals surface area contributed by atoms with Crippen molar-refractivity contribution in [2.24, 2.45) is 17.8 Å². The standard InChI is InChI=1S/C18H32O2/c1-3-4-6-15-9-11-16(12-10-15)17-7-5-8-18(13-17)20-14(2)19/h15-18H,3-13H2,1-2H3. The van der Waals surface area contributed by atoms with Crippen molar-refractivity contribution in [2.75, 3.05) is 0 Å². The van der Waals surface area contributed by atoms with Crippen LogP contribution in [0.25, 0.3) is 0 Å². The minimum atomic E-state index is -0.0982. The Kier molecular flexibility index (Phi) is 6.38. The predicted octanol–water partition coefficient (Wildman–Crippen LogP) is 5.10. The van der Waals surface area contributed by atoms with E-state index in [-0.39, 0.29) is 12.1 Å². The van der Waals surface area contributed by atoms with Crippen molar-refractivity contribution in [1.29, 1.82) is 0 Å². The van der Waals surface area contributed by atoms with Crippen LogP contribution >= 0.6 is 0 Å². The molecule has 0 saturated heterocycles. The van der Waals surface area contributed by atoms with Crippen LogP contribution in [0.5, 0.6) is 0 Å². The van der Waals surface area contributed by atoms with E-state index in [2.05, 4.69) is 6.92 Å². The lowest BCUT2D eigenvalue weighted by Crippen LogP contribution is -2.30. The van der Waals surface area contributed by atoms with Crippen molar-refractivity contribution in [3.8, 4) is 0 Å². The van der Waals surface area contributed by atoms with Crippen LogP contribution in [-0.4, -0.2) is 12.1 Å². The number of carbonyl (C=O) groups is 1. The molecule has 0 spiro atoms. The Balaban J connectivity index is 1.74. The molecule has 2 saturated carbocycles. The number of rotatable bonds is 5. The van der Waals surface area contributed by atoms with Crippen LogP contribution in [0.4, 0.5) is 0 Å². The van der Waals surface area contributed by atoms with Crippen LogP contribution in [-0.2, 0) is 9.53 Å². The van der Waals surface area contributed by atoms with Crippen molar-refractivity contribution in [3.05, 3.63) is 0 Å². The molecule has 0 aromatic rings. The summed E-state index contributed by atoms with van der Waals surface area (Å²) in [4.78, 5) is 11.1. The summed E-state index contributed by atoms with van der Waals surface area (Å²) in [7, 11) is 0. The quantitative estimate of drug-likeness (QED) is 0.654. The minimum Gasteiger partial charge on any atom is -0.463 e. The highest BCUT2D eigenvalue weighted by molar-refractivity contribution is 5.66. The summed E-state index contributed by atoms with van der Waals surface area (Å²) in [6.07, 6.45) is 15.0. The molecule has 0 amide bonds. The van der Waals surface area contributed by atoms with Gasteiger partial charge in [0.1, 0.15) is 6.10 Å². The van der Waals surface area contributed by atoms with Gasteiger partial charge in [-0.2, -0.15) is 0 Å². The molecule has 2 fully saturated rings. The molecule has 20 heavy (non-hydrogen) atoms. The van der Waals surface area contributed by atoms with Crippen molar-refractivity contribution in [3.63, 3.8) is 0 Å². The molecule has 0 bridgehead atoms. The second-order valence-corrected chi connectivity index (χ2v) is 7.08. The zero-order valence-electron chi connectivity index (χ0n) is 13.4. The minimum absolute atomic E-state index is 0.0982. The molecule has 2 unspecified atom stereocenters. The highest BCUT2D eigenvalue weighted by atomic mass is 16.5. The topological polar surface area (TPSA) is 26.3 Å². The lowest BCUT2D eigenvalue weighted by atomic mass is 9.70. The molecule has 2 nitrogen and oxygen atoms in total. The van der Waals surface area contributed by atoms with E-state index in [1.165, 1.54) is 57.8 Å². The number of hydrogen-bond acceptors (Lipinski definition) is 2. The highest BCUT2D eigenvalue weighted by Crippen LogP contribution is 2.41. The Hall–Kier alpha value is -0.530. The number of esters is 1. The van der Waals surface area contributed by atoms with E-state index >= 15 is 0 Å². The average molecular weight is 280 g/mol. The fraction of sp³-hybridized carbons (Fsp3) is 0.944. The van der Waals surface area contributed by atoms with E-state index in [4.69, 9.17) is 4.74 Å². The fourth-order valence-corrected chi connectivity index (χ4v) is 4.39. The summed E-state index contributed by atoms with van der Waals surface area (Å²) in [6.45, 7) is 3.84. The molecule has 0 radical (unpaired) electrons. The van der Waals surface area contributed by atoms with Crippen LogP contribution in [0.3, 0.4) is 0 Å². The van der Waals surface area contributed by atoms with Gasteiger partial charge in [-0.15, -0.1) is 0 Å². The first-order valence-electron chi connectivity index (χ1n) is 8.86. The van der Waals surface area contributed by atoms with E-state index in [0.29, 0.717) is 0 Å². The maximum atomic E-state index is 11.1. The van der Waals surface area contributed by atoms with E-state index in [1.54, 1.807) is 6.92 Å². The van der Waals surface area contributed by atoms with Crippen LogP contribution in [0.2, 0.25) is 0 Å². The largest absolute Gasteiger partial charge is 0.463 e. The summed E-state index contributed by atoms with van der Waals surface area (Å²) in [5.41, 5.74) is 0. The first-order chi connectivity index (χ1) is 9.69. The van der Waals surface area contributed by atoms with Gasteiger partial charge in [-0.25, -0.2) is 0 Å². The molecule has 0 aliphatic heterocycles. The van der Waals surface area contributed by atoms with E-state index in [9.17, 15) is 4.79 Å². The number of carbonyl (C=O) groups excluding carboxylic acids is 1. The first-order valence-corrected chi connectivity index (χ1v) is 8.86. The Morgan fingerprint density at radius 1 is 1.05 bits per heavy atom. The molecule has 0 heterocycles. The zero-order valence-corrected chi connectivity index (χ0v) is 13.4. The average Bonchev–Trinajstić information content (AvgIpc) is 2.45. The maximum absolute atomic E-state index is 11.1. The maximum Gasteiger partial charge on any atom is 0.302 e. The molecular formula is C18H32O2. The summed E-state index contributed by atoms with van der Waals surface area (Å²) >= 11 is 0. The lowest BCUT2D eigenvalue weighted by molar-refractivity contribution is -0.149. The Morgan fingerprint density at radius 2 is 1.80 bits per heavy atom. The van der Waals surface area contributed by atoms with Gasteiger partial charge in [0.25, 0.3) is 0 Å². The molecule has 2 aliphatic rings. The van der Waals surface area contributed by atoms with Gasteiger partial charge < -0.3 is 4.74 Å². The number of ether oxygens (including phenoxy) is 1. The van der Waals surface area contributed by atoms with Gasteiger partial charge in [-0.1, -0.05) is 39.0 Å². The molecule has 2 rings (SSSR count). The van der Waals surface area contributed by atoms with Crippen LogP contribution in [0.15, 0.2) is 0 Å². The molecule has 0 N–H and O–H groups in total. The van der Waals surface area contributed by atoms with Gasteiger partial charge in [-0.3, -0.25) is 4.79 Å². The van der Waals surface area contributed by atoms with Gasteiger partial charge in [-0.05, 0) is 56.3 Å². The second-order valence-electron chi connectivity index (χ2n) is 7.08. The van der Waals surface area contributed by atoms with Crippen LogP contribution < -0.4 is 0 Å². The van der Waals surface area contributed by atoms with Gasteiger partial charge in [0.15, 0.2) is 0 Å². The molecule has 2 atom stereocenters. The van der Waals surface area contributed by atoms with E-state index < -0.39 is 0 Å². The summed E-state index contributed by atoms with van der Waals surface area (Å²) in [6, 6.07) is 0. The molecule has 116 valence electrons. The first kappa shape index (κ1) is 15.9. The van der Waals surface area contributed by atoms with Crippen molar-refractivity contribution >= 4 is 5.97 Å². The third-order valence-electron chi connectivity index (χ3n) is 5.52. The zero-order chi connectivity index (χ0) is 14.4. The van der Waals surface area contributed by atoms with Gasteiger partial charge in [0, 0.05) is 6.92 Å². The fourth-order valence-electron chi connectivity index (χ4n) is 4.39. The Morgan fingerprint density at radius 3 is 2.45 bits per heavy atom. The van der Waals surface area contributed by atoms with Crippen molar-refractivity contribution in [2.45, 2.75) is 90.6 Å². The molecule has 0 aromatic heterocycles. The van der Waals surface area contributed by atoms with E-state index in [0.717, 1.165) is 30.6 Å². The normalized spacial score (nSPS) is 34.7. The second kappa shape index (κ2) is 8.05. The van der Waals surface area contributed by atoms with Crippen molar-refractivity contribution in [1.82, 2.24) is 0 Å². The monoisotopic (exact) mass is 280 g/mol. The summed E-state index contributed by atoms with van der Waals surface area (Å²) in [5.74, 6) is 2.63. The Bertz CT molecular complexity index is 292. The number of hydrogen-bond donors (Lipinski definition) is 0. The third kappa shape index (κ3) is 4.79. The molecule has 2 heteroatoms. The van der Waals surface area contributed by atoms with Gasteiger partial charge >= 0.3 is 5.97 Å². The lowest BCUT2D eigenvalue weighted by Gasteiger charge is -2.38. The van der Waals surface area contributed by atoms with E-state index in [1.807, 2.05) is 0 Å². The number of unbranched alkanes of at least 4 members (excludes halogenated alkanes) is 1. The van der Waals surface area contributed by atoms with Crippen molar-refractivity contribution < 1.29 is 9.53 Å². The predicted molar refractivity (Wildman–Crippen MR) is 82.5 cm³/mol. The molecular weight excluding hydrogens is 248 g/mol. The van der Waals surface area contributed by atoms with Gasteiger partial charge in [0.2, 0.25) is 0 Å². The summed E-state index contributed by atoms with van der Waals surface area (Å²) < 4.78 is 5.45. The van der Waals surface area contributed by atoms with Crippen LogP contribution in [0.1, 0.15) is 84.5 Å². The van der Waals surface area contributed by atoms with Gasteiger partial charge in [0.05, 0.1) is 0 Å². The Labute approximate surface area is 124 Å². The SMILES string of the molecule is CCCCC1CCC(C2CCCC(OC(C)=O)C2)CC1. The summed E-state index contributed by atoms with van der Waals surface area (Å²) in [5, 5.41) is 0. The molecule has 0 aromatic carbocycles. The highest BCUT2D eigenvalue weighted by Gasteiger charge is 2.32. The molecule has 2 aliphatic carbocycles.